The number of anilines is 1. The molecule has 5 heteroatoms. The number of methoxy groups -OCH3 is 1. The highest BCUT2D eigenvalue weighted by molar-refractivity contribution is 5.98. The van der Waals surface area contributed by atoms with Gasteiger partial charge in [-0.25, -0.2) is 4.79 Å². The molecule has 0 atom stereocenters. The van der Waals surface area contributed by atoms with Crippen LogP contribution in [0.25, 0.3) is 6.08 Å². The van der Waals surface area contributed by atoms with Gasteiger partial charge < -0.3 is 15.8 Å². The molecule has 0 spiro atoms. The maximum atomic E-state index is 12.0. The Labute approximate surface area is 124 Å². The summed E-state index contributed by atoms with van der Waals surface area (Å²) in [6.07, 6.45) is 4.20. The van der Waals surface area contributed by atoms with Crippen LogP contribution in [0.4, 0.5) is 5.69 Å². The van der Waals surface area contributed by atoms with Gasteiger partial charge in [-0.1, -0.05) is 12.1 Å². The summed E-state index contributed by atoms with van der Waals surface area (Å²) in [5.41, 5.74) is 7.34. The fourth-order valence-corrected chi connectivity index (χ4v) is 2.17. The topological polar surface area (TPSA) is 81.4 Å². The second-order valence-electron chi connectivity index (χ2n) is 5.40. The van der Waals surface area contributed by atoms with E-state index in [0.717, 1.165) is 24.8 Å². The first-order valence-corrected chi connectivity index (χ1v) is 6.92. The molecule has 0 aromatic heterocycles. The Morgan fingerprint density at radius 3 is 2.38 bits per heavy atom. The molecule has 21 heavy (non-hydrogen) atoms. The van der Waals surface area contributed by atoms with Crippen LogP contribution < -0.4 is 11.1 Å². The fraction of sp³-hybridized carbons (Fsp3) is 0.375. The number of amides is 1. The number of nitrogens with one attached hydrogen (secondary N) is 1. The van der Waals surface area contributed by atoms with Crippen LogP contribution >= 0.6 is 0 Å². The van der Waals surface area contributed by atoms with E-state index in [1.807, 2.05) is 12.1 Å². The molecule has 1 aromatic rings. The molecule has 1 aliphatic rings. The molecule has 1 amide bonds. The molecule has 1 aromatic carbocycles. The zero-order chi connectivity index (χ0) is 15.5. The number of hydrogen-bond donors (Lipinski definition) is 2. The summed E-state index contributed by atoms with van der Waals surface area (Å²) in [5, 5.41) is 2.82. The van der Waals surface area contributed by atoms with E-state index < -0.39 is 5.54 Å². The van der Waals surface area contributed by atoms with Gasteiger partial charge in [-0.05, 0) is 50.0 Å². The Hall–Kier alpha value is -2.14. The summed E-state index contributed by atoms with van der Waals surface area (Å²) in [4.78, 5) is 23.3. The van der Waals surface area contributed by atoms with Crippen molar-refractivity contribution in [1.29, 1.82) is 0 Å². The lowest BCUT2D eigenvalue weighted by Gasteiger charge is -2.36. The number of hydrogen-bond acceptors (Lipinski definition) is 4. The molecule has 0 radical (unpaired) electrons. The molecule has 0 heterocycles. The zero-order valence-corrected chi connectivity index (χ0v) is 12.3. The van der Waals surface area contributed by atoms with Crippen molar-refractivity contribution in [2.75, 3.05) is 12.4 Å². The van der Waals surface area contributed by atoms with Gasteiger partial charge in [0.25, 0.3) is 0 Å². The van der Waals surface area contributed by atoms with Gasteiger partial charge in [-0.2, -0.15) is 0 Å². The van der Waals surface area contributed by atoms with Crippen molar-refractivity contribution in [3.05, 3.63) is 35.4 Å². The second-order valence-corrected chi connectivity index (χ2v) is 5.40. The first kappa shape index (κ1) is 15.3. The summed E-state index contributed by atoms with van der Waals surface area (Å²) >= 11 is 0. The summed E-state index contributed by atoms with van der Waals surface area (Å²) in [6.45, 7) is 1.69. The highest BCUT2D eigenvalue weighted by atomic mass is 16.5. The van der Waals surface area contributed by atoms with Crippen molar-refractivity contribution in [3.8, 4) is 0 Å². The number of esters is 1. The van der Waals surface area contributed by atoms with Gasteiger partial charge >= 0.3 is 5.97 Å². The Kier molecular flexibility index (Phi) is 4.43. The second kappa shape index (κ2) is 6.10. The quantitative estimate of drug-likeness (QED) is 0.656. The van der Waals surface area contributed by atoms with Gasteiger partial charge in [0, 0.05) is 11.3 Å². The molecule has 1 aliphatic carbocycles. The number of carbonyl (C=O) groups is 2. The molecule has 1 fully saturated rings. The maximum Gasteiger partial charge on any atom is 0.333 e. The molecule has 0 saturated heterocycles. The number of ether oxygens (including phenoxy) is 1. The third-order valence-corrected chi connectivity index (χ3v) is 3.76. The third-order valence-electron chi connectivity index (χ3n) is 3.76. The van der Waals surface area contributed by atoms with Crippen LogP contribution in [0.1, 0.15) is 31.7 Å². The lowest BCUT2D eigenvalue weighted by atomic mass is 9.77. The fourth-order valence-electron chi connectivity index (χ4n) is 2.17. The van der Waals surface area contributed by atoms with Crippen LogP contribution in [-0.4, -0.2) is 24.5 Å². The summed E-state index contributed by atoms with van der Waals surface area (Å²) in [7, 11) is 1.35. The minimum Gasteiger partial charge on any atom is -0.466 e. The molecule has 1 saturated carbocycles. The molecule has 5 nitrogen and oxygen atoms in total. The zero-order valence-electron chi connectivity index (χ0n) is 12.3. The molecule has 112 valence electrons. The van der Waals surface area contributed by atoms with Gasteiger partial charge in [-0.3, -0.25) is 4.79 Å². The highest BCUT2D eigenvalue weighted by Gasteiger charge is 2.40. The number of rotatable bonds is 4. The highest BCUT2D eigenvalue weighted by Crippen LogP contribution is 2.30. The Balaban J connectivity index is 2.02. The first-order chi connectivity index (χ1) is 9.94. The Morgan fingerprint density at radius 2 is 1.90 bits per heavy atom. The lowest BCUT2D eigenvalue weighted by Crippen LogP contribution is -2.56. The van der Waals surface area contributed by atoms with Gasteiger partial charge in [0.2, 0.25) is 5.91 Å². The maximum absolute atomic E-state index is 12.0. The predicted molar refractivity (Wildman–Crippen MR) is 81.5 cm³/mol. The molecule has 0 unspecified atom stereocenters. The van der Waals surface area contributed by atoms with Gasteiger partial charge in [0.1, 0.15) is 0 Å². The first-order valence-electron chi connectivity index (χ1n) is 6.92. The summed E-state index contributed by atoms with van der Waals surface area (Å²) < 4.78 is 4.64. The van der Waals surface area contributed by atoms with Gasteiger partial charge in [0.15, 0.2) is 0 Å². The van der Waals surface area contributed by atoms with E-state index in [-0.39, 0.29) is 11.9 Å². The minimum absolute atomic E-state index is 0.136. The number of carbonyl (C=O) groups excluding carboxylic acids is 2. The molecule has 3 N–H and O–H groups in total. The van der Waals surface area contributed by atoms with Crippen LogP contribution in [0.3, 0.4) is 0 Å². The molecule has 0 aliphatic heterocycles. The molecular weight excluding hydrogens is 268 g/mol. The molecule has 0 bridgehead atoms. The standard InChI is InChI=1S/C16H20N2O3/c1-11(14(19)21-2)10-12-4-6-13(7-5-12)18-15(20)16(17)8-3-9-16/h4-7,10H,3,8-9,17H2,1-2H3,(H,18,20)/b11-10+. The Morgan fingerprint density at radius 1 is 1.29 bits per heavy atom. The van der Waals surface area contributed by atoms with E-state index in [1.165, 1.54) is 7.11 Å². The van der Waals surface area contributed by atoms with Crippen molar-refractivity contribution >= 4 is 23.6 Å². The van der Waals surface area contributed by atoms with E-state index in [0.29, 0.717) is 11.3 Å². The van der Waals surface area contributed by atoms with Crippen LogP contribution in [0.5, 0.6) is 0 Å². The van der Waals surface area contributed by atoms with E-state index in [1.54, 1.807) is 25.1 Å². The van der Waals surface area contributed by atoms with E-state index in [4.69, 9.17) is 5.73 Å². The Bertz CT molecular complexity index is 572. The van der Waals surface area contributed by atoms with Crippen LogP contribution in [-0.2, 0) is 14.3 Å². The number of benzene rings is 1. The van der Waals surface area contributed by atoms with E-state index in [9.17, 15) is 9.59 Å². The van der Waals surface area contributed by atoms with Crippen molar-refractivity contribution in [2.24, 2.45) is 5.73 Å². The van der Waals surface area contributed by atoms with E-state index in [2.05, 4.69) is 10.1 Å². The lowest BCUT2D eigenvalue weighted by molar-refractivity contribution is -0.135. The molecular formula is C16H20N2O3. The van der Waals surface area contributed by atoms with Crippen molar-refractivity contribution in [2.45, 2.75) is 31.7 Å². The van der Waals surface area contributed by atoms with E-state index >= 15 is 0 Å². The minimum atomic E-state index is -0.708. The monoisotopic (exact) mass is 288 g/mol. The van der Waals surface area contributed by atoms with Crippen LogP contribution in [0.15, 0.2) is 29.8 Å². The average Bonchev–Trinajstić information content (AvgIpc) is 2.45. The normalized spacial score (nSPS) is 16.8. The SMILES string of the molecule is COC(=O)/C(C)=C/c1ccc(NC(=O)C2(N)CCC2)cc1. The van der Waals surface area contributed by atoms with Crippen molar-refractivity contribution in [1.82, 2.24) is 0 Å². The average molecular weight is 288 g/mol. The van der Waals surface area contributed by atoms with Gasteiger partial charge in [-0.15, -0.1) is 0 Å². The van der Waals surface area contributed by atoms with Gasteiger partial charge in [0.05, 0.1) is 12.6 Å². The smallest absolute Gasteiger partial charge is 0.333 e. The van der Waals surface area contributed by atoms with Crippen LogP contribution in [0.2, 0.25) is 0 Å². The summed E-state index contributed by atoms with van der Waals surface area (Å²) in [6, 6.07) is 7.23. The number of nitrogens with two attached hydrogens (primary N) is 1. The van der Waals surface area contributed by atoms with Crippen molar-refractivity contribution in [3.63, 3.8) is 0 Å². The molecule has 2 rings (SSSR count). The third kappa shape index (κ3) is 3.49. The largest absolute Gasteiger partial charge is 0.466 e. The van der Waals surface area contributed by atoms with Crippen LogP contribution in [0, 0.1) is 0 Å². The van der Waals surface area contributed by atoms with Crippen molar-refractivity contribution < 1.29 is 14.3 Å². The predicted octanol–water partition coefficient (Wildman–Crippen LogP) is 2.08. The summed E-state index contributed by atoms with van der Waals surface area (Å²) in [5.74, 6) is -0.495.